The van der Waals surface area contributed by atoms with E-state index in [0.29, 0.717) is 0 Å². The van der Waals surface area contributed by atoms with E-state index in [1.165, 1.54) is 48.5 Å². The molecule has 0 atom stereocenters. The van der Waals surface area contributed by atoms with E-state index < -0.39 is 23.1 Å². The molecule has 2 aromatic carbocycles. The van der Waals surface area contributed by atoms with Gasteiger partial charge in [0.2, 0.25) is 0 Å². The monoisotopic (exact) mass is 302 g/mol. The van der Waals surface area contributed by atoms with E-state index in [9.17, 15) is 30.0 Å². The summed E-state index contributed by atoms with van der Waals surface area (Å²) in [7, 11) is 0. The Labute approximate surface area is 125 Å². The van der Waals surface area contributed by atoms with Crippen LogP contribution in [-0.4, -0.2) is 32.0 Å². The van der Waals surface area contributed by atoms with Gasteiger partial charge in [-0.2, -0.15) is 0 Å². The highest BCUT2D eigenvalue weighted by molar-refractivity contribution is 6.41. The van der Waals surface area contributed by atoms with Gasteiger partial charge < -0.3 is 20.4 Å². The Balaban J connectivity index is 2.35. The number of benzene rings is 2. The lowest BCUT2D eigenvalue weighted by Crippen LogP contribution is -2.49. The standard InChI is InChI=1S/C16H14O6/c17-13(15(19,20)11-7-3-1-4-8-11)14(18)16(21,22)12-9-5-2-6-10-12/h1-10,19-22H. The van der Waals surface area contributed by atoms with E-state index >= 15 is 0 Å². The van der Waals surface area contributed by atoms with Crippen LogP contribution >= 0.6 is 0 Å². The van der Waals surface area contributed by atoms with Gasteiger partial charge in [-0.25, -0.2) is 0 Å². The quantitative estimate of drug-likeness (QED) is 0.449. The predicted octanol–water partition coefficient (Wildman–Crippen LogP) is -0.200. The lowest BCUT2D eigenvalue weighted by molar-refractivity contribution is -0.209. The Kier molecular flexibility index (Phi) is 4.20. The first-order chi connectivity index (χ1) is 10.3. The van der Waals surface area contributed by atoms with E-state index in [-0.39, 0.29) is 11.1 Å². The fourth-order valence-electron chi connectivity index (χ4n) is 1.92. The normalized spacial score (nSPS) is 12.0. The van der Waals surface area contributed by atoms with Gasteiger partial charge in [-0.05, 0) is 0 Å². The minimum absolute atomic E-state index is 0.253. The van der Waals surface area contributed by atoms with Crippen molar-refractivity contribution in [3.05, 3.63) is 71.8 Å². The zero-order chi connectivity index (χ0) is 16.4. The number of aliphatic hydroxyl groups is 4. The van der Waals surface area contributed by atoms with Gasteiger partial charge in [0.25, 0.3) is 23.1 Å². The van der Waals surface area contributed by atoms with Crippen LogP contribution in [0.1, 0.15) is 11.1 Å². The molecular weight excluding hydrogens is 288 g/mol. The Hall–Kier alpha value is -2.38. The molecule has 0 spiro atoms. The van der Waals surface area contributed by atoms with E-state index in [2.05, 4.69) is 0 Å². The molecule has 2 aromatic rings. The lowest BCUT2D eigenvalue weighted by Gasteiger charge is -2.25. The van der Waals surface area contributed by atoms with Gasteiger partial charge in [0.1, 0.15) is 0 Å². The fraction of sp³-hybridized carbons (Fsp3) is 0.125. The summed E-state index contributed by atoms with van der Waals surface area (Å²) in [6, 6.07) is 13.8. The molecule has 0 aliphatic heterocycles. The second-order valence-electron chi connectivity index (χ2n) is 4.73. The maximum atomic E-state index is 12.0. The molecule has 22 heavy (non-hydrogen) atoms. The molecule has 0 aromatic heterocycles. The summed E-state index contributed by atoms with van der Waals surface area (Å²) >= 11 is 0. The van der Waals surface area contributed by atoms with Crippen molar-refractivity contribution in [1.82, 2.24) is 0 Å². The maximum absolute atomic E-state index is 12.0. The number of Topliss-reactive ketones (excluding diaryl/α,β-unsaturated/α-hetero) is 2. The van der Waals surface area contributed by atoms with E-state index in [0.717, 1.165) is 0 Å². The minimum atomic E-state index is -3.15. The average Bonchev–Trinajstić information content (AvgIpc) is 2.55. The van der Waals surface area contributed by atoms with Crippen LogP contribution in [0.5, 0.6) is 0 Å². The van der Waals surface area contributed by atoms with Crippen LogP contribution in [0.15, 0.2) is 60.7 Å². The third-order valence-electron chi connectivity index (χ3n) is 3.19. The van der Waals surface area contributed by atoms with Crippen molar-refractivity contribution in [2.75, 3.05) is 0 Å². The van der Waals surface area contributed by atoms with E-state index in [1.54, 1.807) is 12.1 Å². The van der Waals surface area contributed by atoms with Crippen molar-refractivity contribution in [2.45, 2.75) is 11.6 Å². The number of carbonyl (C=O) groups is 2. The van der Waals surface area contributed by atoms with Gasteiger partial charge in [-0.15, -0.1) is 0 Å². The molecular formula is C16H14O6. The summed E-state index contributed by atoms with van der Waals surface area (Å²) < 4.78 is 0. The molecule has 6 nitrogen and oxygen atoms in total. The van der Waals surface area contributed by atoms with Crippen LogP contribution in [-0.2, 0) is 21.2 Å². The Morgan fingerprint density at radius 1 is 0.591 bits per heavy atom. The topological polar surface area (TPSA) is 115 Å². The second-order valence-corrected chi connectivity index (χ2v) is 4.73. The molecule has 0 aliphatic carbocycles. The molecule has 2 rings (SSSR count). The Bertz CT molecular complexity index is 615. The maximum Gasteiger partial charge on any atom is 0.268 e. The van der Waals surface area contributed by atoms with Crippen molar-refractivity contribution in [3.63, 3.8) is 0 Å². The van der Waals surface area contributed by atoms with E-state index in [1.807, 2.05) is 0 Å². The molecule has 6 heteroatoms. The summed E-state index contributed by atoms with van der Waals surface area (Å²) in [5.41, 5.74) is -0.505. The number of rotatable bonds is 5. The van der Waals surface area contributed by atoms with Crippen LogP contribution in [0.25, 0.3) is 0 Å². The van der Waals surface area contributed by atoms with Crippen LogP contribution in [0.4, 0.5) is 0 Å². The zero-order valence-electron chi connectivity index (χ0n) is 11.4. The first-order valence-electron chi connectivity index (χ1n) is 6.37. The van der Waals surface area contributed by atoms with Gasteiger partial charge in [0.05, 0.1) is 0 Å². The molecule has 0 radical (unpaired) electrons. The minimum Gasteiger partial charge on any atom is -0.356 e. The third kappa shape index (κ3) is 2.81. The molecule has 0 fully saturated rings. The second kappa shape index (κ2) is 5.78. The van der Waals surface area contributed by atoms with Crippen molar-refractivity contribution in [3.8, 4) is 0 Å². The predicted molar refractivity (Wildman–Crippen MR) is 75.1 cm³/mol. The summed E-state index contributed by atoms with van der Waals surface area (Å²) in [6.07, 6.45) is 0. The molecule has 0 bridgehead atoms. The van der Waals surface area contributed by atoms with Gasteiger partial charge in [0.15, 0.2) is 0 Å². The van der Waals surface area contributed by atoms with Gasteiger partial charge in [0, 0.05) is 11.1 Å². The Morgan fingerprint density at radius 3 is 1.14 bits per heavy atom. The van der Waals surface area contributed by atoms with Crippen LogP contribution < -0.4 is 0 Å². The average molecular weight is 302 g/mol. The lowest BCUT2D eigenvalue weighted by atomic mass is 9.92. The molecule has 0 amide bonds. The number of hydrogen-bond acceptors (Lipinski definition) is 6. The van der Waals surface area contributed by atoms with E-state index in [4.69, 9.17) is 0 Å². The largest absolute Gasteiger partial charge is 0.356 e. The molecule has 4 N–H and O–H groups in total. The zero-order valence-corrected chi connectivity index (χ0v) is 11.4. The summed E-state index contributed by atoms with van der Waals surface area (Å²) in [5, 5.41) is 39.6. The first-order valence-corrected chi connectivity index (χ1v) is 6.37. The van der Waals surface area contributed by atoms with Crippen molar-refractivity contribution >= 4 is 11.6 Å². The number of ketones is 2. The van der Waals surface area contributed by atoms with Gasteiger partial charge >= 0.3 is 0 Å². The van der Waals surface area contributed by atoms with Crippen LogP contribution in [0, 0.1) is 0 Å². The highest BCUT2D eigenvalue weighted by atomic mass is 16.5. The molecule has 0 unspecified atom stereocenters. The smallest absolute Gasteiger partial charge is 0.268 e. The number of hydrogen-bond donors (Lipinski definition) is 4. The highest BCUT2D eigenvalue weighted by Crippen LogP contribution is 2.25. The summed E-state index contributed by atoms with van der Waals surface area (Å²) in [6.45, 7) is 0. The highest BCUT2D eigenvalue weighted by Gasteiger charge is 2.49. The molecule has 0 saturated heterocycles. The fourth-order valence-corrected chi connectivity index (χ4v) is 1.92. The van der Waals surface area contributed by atoms with Crippen molar-refractivity contribution < 1.29 is 30.0 Å². The van der Waals surface area contributed by atoms with Crippen molar-refractivity contribution in [2.24, 2.45) is 0 Å². The van der Waals surface area contributed by atoms with Gasteiger partial charge in [-0.1, -0.05) is 60.7 Å². The summed E-state index contributed by atoms with van der Waals surface area (Å²) in [4.78, 5) is 24.0. The number of carbonyl (C=O) groups excluding carboxylic acids is 2. The molecule has 0 aliphatic rings. The Morgan fingerprint density at radius 2 is 0.864 bits per heavy atom. The van der Waals surface area contributed by atoms with Crippen molar-refractivity contribution in [1.29, 1.82) is 0 Å². The van der Waals surface area contributed by atoms with Crippen LogP contribution in [0.2, 0.25) is 0 Å². The van der Waals surface area contributed by atoms with Crippen LogP contribution in [0.3, 0.4) is 0 Å². The summed E-state index contributed by atoms with van der Waals surface area (Å²) in [5.74, 6) is -9.78. The SMILES string of the molecule is O=C(C(=O)C(O)(O)c1ccccc1)C(O)(O)c1ccccc1. The molecule has 0 heterocycles. The third-order valence-corrected chi connectivity index (χ3v) is 3.19. The molecule has 114 valence electrons. The first kappa shape index (κ1) is 16.0. The molecule has 0 saturated carbocycles. The van der Waals surface area contributed by atoms with Gasteiger partial charge in [-0.3, -0.25) is 9.59 Å².